The van der Waals surface area contributed by atoms with Gasteiger partial charge >= 0.3 is 18.0 Å². The Morgan fingerprint density at radius 3 is 2.33 bits per heavy atom. The first-order valence-corrected chi connectivity index (χ1v) is 8.37. The summed E-state index contributed by atoms with van der Waals surface area (Å²) in [5.74, 6) is 0. The second-order valence-corrected chi connectivity index (χ2v) is 6.15. The summed E-state index contributed by atoms with van der Waals surface area (Å²) in [5.41, 5.74) is -5.18. The Bertz CT molecular complexity index is 1210. The number of fused-ring (bicyclic) bond motifs is 1. The van der Waals surface area contributed by atoms with Gasteiger partial charge in [-0.25, -0.2) is 4.79 Å². The highest BCUT2D eigenvalue weighted by Crippen LogP contribution is 2.37. The molecule has 6 nitrogen and oxygen atoms in total. The van der Waals surface area contributed by atoms with Crippen LogP contribution in [0.4, 0.5) is 26.3 Å². The molecule has 160 valence electrons. The smallest absolute Gasteiger partial charge is 0.416 e. The number of alkyl halides is 6. The first-order valence-electron chi connectivity index (χ1n) is 8.37. The fourth-order valence-electron chi connectivity index (χ4n) is 2.76. The zero-order valence-corrected chi connectivity index (χ0v) is 15.1. The van der Waals surface area contributed by atoms with Gasteiger partial charge in [-0.15, -0.1) is 0 Å². The molecule has 0 radical (unpaired) electrons. The average molecular weight is 434 g/mol. The molecule has 0 bridgehead atoms. The molecule has 30 heavy (non-hydrogen) atoms. The zero-order valence-electron chi connectivity index (χ0n) is 15.1. The highest BCUT2D eigenvalue weighted by molar-refractivity contribution is 5.75. The van der Waals surface area contributed by atoms with Gasteiger partial charge in [0.15, 0.2) is 0 Å². The van der Waals surface area contributed by atoms with E-state index in [2.05, 4.69) is 9.97 Å². The number of aromatic amines is 1. The van der Waals surface area contributed by atoms with E-state index in [-0.39, 0.29) is 17.2 Å². The molecule has 2 aromatic heterocycles. The molecule has 0 atom stereocenters. The summed E-state index contributed by atoms with van der Waals surface area (Å²) in [6.45, 7) is 0.834. The second kappa shape index (κ2) is 7.50. The molecule has 3 rings (SSSR count). The van der Waals surface area contributed by atoms with E-state index in [0.717, 1.165) is 6.07 Å². The molecule has 0 aliphatic carbocycles. The van der Waals surface area contributed by atoms with E-state index in [4.69, 9.17) is 9.15 Å². The number of hydrogen-bond acceptors (Lipinski definition) is 5. The number of halogens is 6. The Morgan fingerprint density at radius 1 is 1.03 bits per heavy atom. The Kier molecular flexibility index (Phi) is 5.35. The molecule has 0 aliphatic heterocycles. The van der Waals surface area contributed by atoms with Crippen molar-refractivity contribution in [2.24, 2.45) is 0 Å². The Morgan fingerprint density at radius 2 is 1.73 bits per heavy atom. The van der Waals surface area contributed by atoms with Gasteiger partial charge in [-0.3, -0.25) is 9.78 Å². The molecule has 0 saturated carbocycles. The molecular formula is C18H12F6N2O4. The van der Waals surface area contributed by atoms with Crippen LogP contribution in [0, 0.1) is 0 Å². The van der Waals surface area contributed by atoms with Gasteiger partial charge in [-0.2, -0.15) is 31.3 Å². The number of rotatable bonds is 4. The fraction of sp³-hybridized carbons (Fsp3) is 0.278. The zero-order chi connectivity index (χ0) is 22.3. The monoisotopic (exact) mass is 434 g/mol. The summed E-state index contributed by atoms with van der Waals surface area (Å²) in [6, 6.07) is 1.63. The maximum absolute atomic E-state index is 13.2. The van der Waals surface area contributed by atoms with Crippen LogP contribution in [0.3, 0.4) is 0 Å². The lowest BCUT2D eigenvalue weighted by Gasteiger charge is -2.16. The van der Waals surface area contributed by atoms with Crippen molar-refractivity contribution in [1.29, 1.82) is 0 Å². The van der Waals surface area contributed by atoms with Crippen molar-refractivity contribution in [2.45, 2.75) is 32.3 Å². The minimum absolute atomic E-state index is 0.0186. The Balaban J connectivity index is 1.98. The molecule has 1 N–H and O–H groups in total. The minimum atomic E-state index is -5.08. The number of aromatic nitrogens is 2. The van der Waals surface area contributed by atoms with Gasteiger partial charge in [0.25, 0.3) is 11.6 Å². The van der Waals surface area contributed by atoms with Crippen LogP contribution in [0.2, 0.25) is 0 Å². The average Bonchev–Trinajstić information content (AvgIpc) is 2.63. The topological polar surface area (TPSA) is 85.2 Å². The van der Waals surface area contributed by atoms with E-state index in [9.17, 15) is 35.9 Å². The van der Waals surface area contributed by atoms with Gasteiger partial charge in [0.05, 0.1) is 11.1 Å². The van der Waals surface area contributed by atoms with Gasteiger partial charge in [-0.05, 0) is 24.1 Å². The standard InChI is InChI=1S/C18H12F6N2O4/c1-2-8-5-12(27)30-15-13(8)14(28)25-16(26-15)29-7-9-3-4-10(17(19,20)21)6-11(9)18(22,23)24/h3-6H,2,7H2,1H3,(H,25,26,28). The lowest BCUT2D eigenvalue weighted by molar-refractivity contribution is -0.143. The van der Waals surface area contributed by atoms with Crippen LogP contribution in [0.5, 0.6) is 6.01 Å². The molecule has 0 fully saturated rings. The molecule has 2 heterocycles. The first-order chi connectivity index (χ1) is 13.9. The summed E-state index contributed by atoms with van der Waals surface area (Å²) in [7, 11) is 0. The summed E-state index contributed by atoms with van der Waals surface area (Å²) in [4.78, 5) is 29.8. The number of nitrogens with zero attached hydrogens (tertiary/aromatic N) is 1. The molecule has 0 spiro atoms. The number of aryl methyl sites for hydroxylation is 1. The number of nitrogens with one attached hydrogen (secondary N) is 1. The van der Waals surface area contributed by atoms with Gasteiger partial charge in [-0.1, -0.05) is 13.0 Å². The SMILES string of the molecule is CCc1cc(=O)oc2nc(OCc3ccc(C(F)(F)F)cc3C(F)(F)F)[nH]c(=O)c12. The van der Waals surface area contributed by atoms with Crippen molar-refractivity contribution >= 4 is 11.1 Å². The van der Waals surface area contributed by atoms with Crippen LogP contribution in [0.1, 0.15) is 29.2 Å². The van der Waals surface area contributed by atoms with Gasteiger partial charge in [0, 0.05) is 11.6 Å². The number of ether oxygens (including phenoxy) is 1. The lowest BCUT2D eigenvalue weighted by atomic mass is 10.0. The predicted molar refractivity (Wildman–Crippen MR) is 91.1 cm³/mol. The molecular weight excluding hydrogens is 422 g/mol. The summed E-state index contributed by atoms with van der Waals surface area (Å²) < 4.78 is 87.7. The molecule has 0 saturated heterocycles. The number of benzene rings is 1. The highest BCUT2D eigenvalue weighted by atomic mass is 19.4. The van der Waals surface area contributed by atoms with E-state index >= 15 is 0 Å². The van der Waals surface area contributed by atoms with Gasteiger partial charge in [0.1, 0.15) is 12.0 Å². The van der Waals surface area contributed by atoms with Crippen molar-refractivity contribution in [3.05, 3.63) is 67.3 Å². The maximum atomic E-state index is 13.2. The van der Waals surface area contributed by atoms with Crippen molar-refractivity contribution in [2.75, 3.05) is 0 Å². The number of H-pyrrole nitrogens is 1. The maximum Gasteiger partial charge on any atom is 0.416 e. The summed E-state index contributed by atoms with van der Waals surface area (Å²) in [5, 5.41) is -0.0186. The molecule has 0 unspecified atom stereocenters. The van der Waals surface area contributed by atoms with Gasteiger partial charge < -0.3 is 9.15 Å². The van der Waals surface area contributed by atoms with Gasteiger partial charge in [0.2, 0.25) is 5.71 Å². The van der Waals surface area contributed by atoms with Crippen molar-refractivity contribution in [3.63, 3.8) is 0 Å². The summed E-state index contributed by atoms with van der Waals surface area (Å²) in [6.07, 6.45) is -9.72. The highest BCUT2D eigenvalue weighted by Gasteiger charge is 2.38. The van der Waals surface area contributed by atoms with Crippen LogP contribution >= 0.6 is 0 Å². The lowest BCUT2D eigenvalue weighted by Crippen LogP contribution is -2.17. The van der Waals surface area contributed by atoms with Crippen LogP contribution in [0.15, 0.2) is 38.3 Å². The van der Waals surface area contributed by atoms with Crippen LogP contribution < -0.4 is 15.9 Å². The normalized spacial score (nSPS) is 12.4. The Hall–Kier alpha value is -3.31. The van der Waals surface area contributed by atoms with Crippen molar-refractivity contribution in [3.8, 4) is 6.01 Å². The van der Waals surface area contributed by atoms with Crippen LogP contribution in [-0.2, 0) is 25.4 Å². The van der Waals surface area contributed by atoms with E-state index in [1.165, 1.54) is 0 Å². The van der Waals surface area contributed by atoms with E-state index < -0.39 is 52.8 Å². The summed E-state index contributed by atoms with van der Waals surface area (Å²) >= 11 is 0. The Labute approximate surface area is 163 Å². The fourth-order valence-corrected chi connectivity index (χ4v) is 2.76. The molecule has 3 aromatic rings. The van der Waals surface area contributed by atoms with Crippen molar-refractivity contribution < 1.29 is 35.5 Å². The largest absolute Gasteiger partial charge is 0.460 e. The third-order valence-corrected chi connectivity index (χ3v) is 4.16. The quantitative estimate of drug-likeness (QED) is 0.627. The van der Waals surface area contributed by atoms with Crippen LogP contribution in [-0.4, -0.2) is 9.97 Å². The second-order valence-electron chi connectivity index (χ2n) is 6.15. The van der Waals surface area contributed by atoms with E-state index in [1.807, 2.05) is 0 Å². The first kappa shape index (κ1) is 21.4. The predicted octanol–water partition coefficient (Wildman–Crippen LogP) is 4.06. The number of hydrogen-bond donors (Lipinski definition) is 1. The molecule has 0 amide bonds. The third kappa shape index (κ3) is 4.31. The van der Waals surface area contributed by atoms with Crippen LogP contribution in [0.25, 0.3) is 11.1 Å². The van der Waals surface area contributed by atoms with E-state index in [0.29, 0.717) is 24.1 Å². The molecule has 0 aliphatic rings. The van der Waals surface area contributed by atoms with E-state index in [1.54, 1.807) is 6.92 Å². The van der Waals surface area contributed by atoms with Crippen molar-refractivity contribution in [1.82, 2.24) is 9.97 Å². The molecule has 12 heteroatoms. The molecule has 1 aromatic carbocycles. The third-order valence-electron chi connectivity index (χ3n) is 4.16. The minimum Gasteiger partial charge on any atom is -0.460 e.